The molecular formula is C10H14N2O2. The van der Waals surface area contributed by atoms with Gasteiger partial charge in [-0.25, -0.2) is 9.97 Å². The van der Waals surface area contributed by atoms with Gasteiger partial charge in [0, 0.05) is 12.8 Å². The summed E-state index contributed by atoms with van der Waals surface area (Å²) in [5.41, 5.74) is 0.657. The van der Waals surface area contributed by atoms with E-state index in [2.05, 4.69) is 9.97 Å². The van der Waals surface area contributed by atoms with Crippen LogP contribution in [0.5, 0.6) is 0 Å². The molecule has 0 aliphatic carbocycles. The molecule has 1 atom stereocenters. The van der Waals surface area contributed by atoms with Gasteiger partial charge in [0.1, 0.15) is 6.10 Å². The summed E-state index contributed by atoms with van der Waals surface area (Å²) in [4.78, 5) is 8.39. The molecule has 1 N–H and O–H groups in total. The number of hydrogen-bond acceptors (Lipinski definition) is 4. The second-order valence-electron chi connectivity index (χ2n) is 3.42. The van der Waals surface area contributed by atoms with Crippen molar-refractivity contribution in [1.29, 1.82) is 0 Å². The van der Waals surface area contributed by atoms with E-state index in [1.165, 1.54) is 0 Å². The zero-order chi connectivity index (χ0) is 9.80. The molecule has 1 fully saturated rings. The molecule has 0 amide bonds. The molecule has 2 rings (SSSR count). The van der Waals surface area contributed by atoms with Gasteiger partial charge in [-0.2, -0.15) is 0 Å². The summed E-state index contributed by atoms with van der Waals surface area (Å²) >= 11 is 0. The summed E-state index contributed by atoms with van der Waals surface area (Å²) in [6, 6.07) is 1.71. The Hall–Kier alpha value is -1.00. The van der Waals surface area contributed by atoms with Gasteiger partial charge in [0.25, 0.3) is 0 Å². The first-order valence-electron chi connectivity index (χ1n) is 4.94. The van der Waals surface area contributed by atoms with Crippen molar-refractivity contribution in [2.45, 2.75) is 32.0 Å². The predicted molar refractivity (Wildman–Crippen MR) is 50.5 cm³/mol. The molecule has 1 aliphatic rings. The lowest BCUT2D eigenvalue weighted by Crippen LogP contribution is -2.14. The lowest BCUT2D eigenvalue weighted by atomic mass is 10.1. The van der Waals surface area contributed by atoms with Crippen LogP contribution in [0.15, 0.2) is 12.3 Å². The smallest absolute Gasteiger partial charge is 0.157 e. The van der Waals surface area contributed by atoms with Crippen LogP contribution >= 0.6 is 0 Å². The first kappa shape index (κ1) is 9.55. The molecular weight excluding hydrogens is 180 g/mol. The summed E-state index contributed by atoms with van der Waals surface area (Å²) in [5.74, 6) is 0.705. The fourth-order valence-electron chi connectivity index (χ4n) is 1.60. The second-order valence-corrected chi connectivity index (χ2v) is 3.42. The summed E-state index contributed by atoms with van der Waals surface area (Å²) in [5, 5.41) is 8.93. The highest BCUT2D eigenvalue weighted by atomic mass is 16.5. The summed E-state index contributed by atoms with van der Waals surface area (Å²) in [6.07, 6.45) is 4.96. The third-order valence-electron chi connectivity index (χ3n) is 2.36. The van der Waals surface area contributed by atoms with E-state index in [0.29, 0.717) is 11.5 Å². The van der Waals surface area contributed by atoms with Gasteiger partial charge in [0.05, 0.1) is 12.3 Å². The number of ether oxygens (including phenoxy) is 1. The van der Waals surface area contributed by atoms with E-state index >= 15 is 0 Å². The molecule has 0 saturated carbocycles. The van der Waals surface area contributed by atoms with Gasteiger partial charge < -0.3 is 9.84 Å². The van der Waals surface area contributed by atoms with Crippen LogP contribution in [0, 0.1) is 0 Å². The van der Waals surface area contributed by atoms with Crippen LogP contribution in [-0.2, 0) is 11.3 Å². The third-order valence-corrected chi connectivity index (χ3v) is 2.36. The zero-order valence-corrected chi connectivity index (χ0v) is 8.02. The molecule has 1 saturated heterocycles. The van der Waals surface area contributed by atoms with Crippen LogP contribution in [0.4, 0.5) is 0 Å². The van der Waals surface area contributed by atoms with Gasteiger partial charge in [0.2, 0.25) is 0 Å². The number of aliphatic hydroxyl groups is 1. The number of aliphatic hydroxyl groups excluding tert-OH is 1. The van der Waals surface area contributed by atoms with E-state index in [9.17, 15) is 0 Å². The molecule has 1 aromatic heterocycles. The quantitative estimate of drug-likeness (QED) is 0.768. The van der Waals surface area contributed by atoms with Crippen molar-refractivity contribution in [3.63, 3.8) is 0 Å². The van der Waals surface area contributed by atoms with Crippen LogP contribution in [0.1, 0.15) is 36.9 Å². The molecule has 0 spiro atoms. The van der Waals surface area contributed by atoms with Crippen molar-refractivity contribution >= 4 is 0 Å². The van der Waals surface area contributed by atoms with Crippen molar-refractivity contribution in [2.24, 2.45) is 0 Å². The van der Waals surface area contributed by atoms with Crippen molar-refractivity contribution < 1.29 is 9.84 Å². The minimum atomic E-state index is -0.0394. The maximum atomic E-state index is 8.93. The van der Waals surface area contributed by atoms with Crippen LogP contribution < -0.4 is 0 Å². The van der Waals surface area contributed by atoms with Crippen molar-refractivity contribution in [3.05, 3.63) is 23.8 Å². The minimum absolute atomic E-state index is 0.0234. The Morgan fingerprint density at radius 1 is 1.50 bits per heavy atom. The van der Waals surface area contributed by atoms with Gasteiger partial charge in [0.15, 0.2) is 5.82 Å². The molecule has 4 heteroatoms. The predicted octanol–water partition coefficient (Wildman–Crippen LogP) is 1.21. The number of rotatable bonds is 2. The monoisotopic (exact) mass is 194 g/mol. The summed E-state index contributed by atoms with van der Waals surface area (Å²) in [7, 11) is 0. The van der Waals surface area contributed by atoms with Crippen molar-refractivity contribution in [2.75, 3.05) is 6.61 Å². The second kappa shape index (κ2) is 4.48. The third kappa shape index (κ3) is 2.08. The first-order valence-corrected chi connectivity index (χ1v) is 4.94. The molecule has 0 radical (unpaired) electrons. The molecule has 0 bridgehead atoms. The van der Waals surface area contributed by atoms with Crippen LogP contribution in [-0.4, -0.2) is 21.7 Å². The SMILES string of the molecule is OCc1ccnc([C@H]2CCCCO2)n1. The van der Waals surface area contributed by atoms with Crippen LogP contribution in [0.25, 0.3) is 0 Å². The van der Waals surface area contributed by atoms with Crippen LogP contribution in [0.3, 0.4) is 0 Å². The van der Waals surface area contributed by atoms with Gasteiger partial charge in [-0.15, -0.1) is 0 Å². The molecule has 2 heterocycles. The molecule has 14 heavy (non-hydrogen) atoms. The largest absolute Gasteiger partial charge is 0.390 e. The van der Waals surface area contributed by atoms with Gasteiger partial charge >= 0.3 is 0 Å². The Bertz CT molecular complexity index is 298. The van der Waals surface area contributed by atoms with E-state index < -0.39 is 0 Å². The fraction of sp³-hybridized carbons (Fsp3) is 0.600. The normalized spacial score (nSPS) is 22.2. The number of hydrogen-bond donors (Lipinski definition) is 1. The highest BCUT2D eigenvalue weighted by Gasteiger charge is 2.18. The minimum Gasteiger partial charge on any atom is -0.390 e. The fourth-order valence-corrected chi connectivity index (χ4v) is 1.60. The summed E-state index contributed by atoms with van der Waals surface area (Å²) < 4.78 is 5.56. The lowest BCUT2D eigenvalue weighted by Gasteiger charge is -2.21. The Morgan fingerprint density at radius 3 is 3.14 bits per heavy atom. The van der Waals surface area contributed by atoms with Crippen molar-refractivity contribution in [1.82, 2.24) is 9.97 Å². The molecule has 76 valence electrons. The number of aromatic nitrogens is 2. The topological polar surface area (TPSA) is 55.2 Å². The Kier molecular flexibility index (Phi) is 3.06. The molecule has 1 aromatic rings. The molecule has 1 aliphatic heterocycles. The highest BCUT2D eigenvalue weighted by molar-refractivity contribution is 5.03. The molecule has 0 unspecified atom stereocenters. The Balaban J connectivity index is 2.13. The highest BCUT2D eigenvalue weighted by Crippen LogP contribution is 2.24. The maximum absolute atomic E-state index is 8.93. The van der Waals surface area contributed by atoms with E-state index in [0.717, 1.165) is 25.9 Å². The summed E-state index contributed by atoms with van der Waals surface area (Å²) in [6.45, 7) is 0.750. The Labute approximate surface area is 83.0 Å². The van der Waals surface area contributed by atoms with Crippen molar-refractivity contribution in [3.8, 4) is 0 Å². The zero-order valence-electron chi connectivity index (χ0n) is 8.02. The molecule has 0 aromatic carbocycles. The Morgan fingerprint density at radius 2 is 2.43 bits per heavy atom. The van der Waals surface area contributed by atoms with E-state index in [1.807, 2.05) is 0 Å². The van der Waals surface area contributed by atoms with E-state index in [4.69, 9.17) is 9.84 Å². The van der Waals surface area contributed by atoms with Gasteiger partial charge in [-0.3, -0.25) is 0 Å². The van der Waals surface area contributed by atoms with Crippen LogP contribution in [0.2, 0.25) is 0 Å². The van der Waals surface area contributed by atoms with E-state index in [1.54, 1.807) is 12.3 Å². The maximum Gasteiger partial charge on any atom is 0.157 e. The van der Waals surface area contributed by atoms with E-state index in [-0.39, 0.29) is 12.7 Å². The van der Waals surface area contributed by atoms with Gasteiger partial charge in [-0.1, -0.05) is 0 Å². The average Bonchev–Trinajstić information content (AvgIpc) is 2.30. The average molecular weight is 194 g/mol. The number of nitrogens with zero attached hydrogens (tertiary/aromatic N) is 2. The first-order chi connectivity index (χ1) is 6.90. The standard InChI is InChI=1S/C10H14N2O2/c13-7-8-4-5-11-10(12-8)9-3-1-2-6-14-9/h4-5,9,13H,1-3,6-7H2/t9-/m1/s1. The molecule has 4 nitrogen and oxygen atoms in total. The lowest BCUT2D eigenvalue weighted by molar-refractivity contribution is 0.00917. The van der Waals surface area contributed by atoms with Gasteiger partial charge in [-0.05, 0) is 25.3 Å².